The summed E-state index contributed by atoms with van der Waals surface area (Å²) in [5, 5.41) is 2.92. The third kappa shape index (κ3) is 4.76. The minimum Gasteiger partial charge on any atom is -0.496 e. The number of amides is 1. The van der Waals surface area contributed by atoms with Crippen LogP contribution in [-0.2, 0) is 21.4 Å². The number of ether oxygens (including phenoxy) is 2. The molecule has 2 aromatic carbocycles. The Labute approximate surface area is 178 Å². The molecule has 0 saturated carbocycles. The van der Waals surface area contributed by atoms with Crippen LogP contribution >= 0.6 is 0 Å². The Bertz CT molecular complexity index is 1010. The van der Waals surface area contributed by atoms with Gasteiger partial charge in [0.1, 0.15) is 16.4 Å². The van der Waals surface area contributed by atoms with Crippen molar-refractivity contribution in [2.75, 3.05) is 27.3 Å². The van der Waals surface area contributed by atoms with Gasteiger partial charge in [-0.2, -0.15) is 4.31 Å². The summed E-state index contributed by atoms with van der Waals surface area (Å²) in [5.41, 5.74) is 1.70. The van der Waals surface area contributed by atoms with E-state index in [0.717, 1.165) is 11.1 Å². The molecule has 3 rings (SSSR count). The summed E-state index contributed by atoms with van der Waals surface area (Å²) < 4.78 is 38.5. The van der Waals surface area contributed by atoms with Crippen LogP contribution in [0.1, 0.15) is 24.0 Å². The van der Waals surface area contributed by atoms with Crippen molar-refractivity contribution in [3.8, 4) is 11.5 Å². The highest BCUT2D eigenvalue weighted by atomic mass is 32.2. The summed E-state index contributed by atoms with van der Waals surface area (Å²) in [6, 6.07) is 12.6. The zero-order valence-electron chi connectivity index (χ0n) is 17.6. The average Bonchev–Trinajstić information content (AvgIpc) is 2.77. The molecule has 2 aromatic rings. The predicted molar refractivity (Wildman–Crippen MR) is 114 cm³/mol. The third-order valence-corrected chi connectivity index (χ3v) is 7.22. The van der Waals surface area contributed by atoms with Crippen molar-refractivity contribution in [1.82, 2.24) is 9.62 Å². The molecule has 8 heteroatoms. The van der Waals surface area contributed by atoms with E-state index in [9.17, 15) is 13.2 Å². The van der Waals surface area contributed by atoms with Crippen LogP contribution in [0.3, 0.4) is 0 Å². The van der Waals surface area contributed by atoms with Crippen LogP contribution in [-0.4, -0.2) is 45.9 Å². The van der Waals surface area contributed by atoms with Crippen LogP contribution in [0.5, 0.6) is 11.5 Å². The van der Waals surface area contributed by atoms with Gasteiger partial charge in [0.2, 0.25) is 15.9 Å². The number of nitrogens with one attached hydrogen (secondary N) is 1. The summed E-state index contributed by atoms with van der Waals surface area (Å²) in [7, 11) is -0.723. The molecule has 1 N–H and O–H groups in total. The first-order valence-corrected chi connectivity index (χ1v) is 11.3. The molecule has 7 nitrogen and oxygen atoms in total. The predicted octanol–water partition coefficient (Wildman–Crippen LogP) is 2.73. The highest BCUT2D eigenvalue weighted by Crippen LogP contribution is 2.30. The fourth-order valence-corrected chi connectivity index (χ4v) is 5.44. The summed E-state index contributed by atoms with van der Waals surface area (Å²) >= 11 is 0. The van der Waals surface area contributed by atoms with Gasteiger partial charge in [0.05, 0.1) is 20.1 Å². The number of hydrogen-bond donors (Lipinski definition) is 1. The molecule has 0 aromatic heterocycles. The number of carbonyl (C=O) groups is 1. The van der Waals surface area contributed by atoms with Crippen molar-refractivity contribution in [3.05, 3.63) is 53.6 Å². The van der Waals surface area contributed by atoms with Gasteiger partial charge < -0.3 is 14.8 Å². The monoisotopic (exact) mass is 432 g/mol. The largest absolute Gasteiger partial charge is 0.496 e. The molecule has 1 atom stereocenters. The second-order valence-electron chi connectivity index (χ2n) is 7.39. The summed E-state index contributed by atoms with van der Waals surface area (Å²) in [6.07, 6.45) is 1.27. The molecule has 0 unspecified atom stereocenters. The molecule has 1 heterocycles. The van der Waals surface area contributed by atoms with Crippen molar-refractivity contribution in [3.63, 3.8) is 0 Å². The molecule has 1 amide bonds. The lowest BCUT2D eigenvalue weighted by atomic mass is 9.98. The Morgan fingerprint density at radius 1 is 1.13 bits per heavy atom. The second-order valence-corrected chi connectivity index (χ2v) is 9.29. The van der Waals surface area contributed by atoms with Crippen LogP contribution in [0.15, 0.2) is 47.4 Å². The number of piperidine rings is 1. The number of benzene rings is 2. The number of hydrogen-bond acceptors (Lipinski definition) is 5. The quantitative estimate of drug-likeness (QED) is 0.727. The average molecular weight is 433 g/mol. The Morgan fingerprint density at radius 2 is 1.87 bits per heavy atom. The molecule has 0 radical (unpaired) electrons. The van der Waals surface area contributed by atoms with Crippen molar-refractivity contribution in [2.24, 2.45) is 5.92 Å². The number of sulfonamides is 1. The molecular formula is C22H28N2O5S. The van der Waals surface area contributed by atoms with E-state index in [-0.39, 0.29) is 17.3 Å². The number of carbonyl (C=O) groups excluding carboxylic acids is 1. The molecule has 0 aliphatic carbocycles. The molecule has 1 aliphatic rings. The van der Waals surface area contributed by atoms with Gasteiger partial charge >= 0.3 is 0 Å². The van der Waals surface area contributed by atoms with Crippen LogP contribution in [0.25, 0.3) is 0 Å². The molecule has 1 aliphatic heterocycles. The van der Waals surface area contributed by atoms with Crippen molar-refractivity contribution < 1.29 is 22.7 Å². The molecule has 1 fully saturated rings. The smallest absolute Gasteiger partial charge is 0.246 e. The summed E-state index contributed by atoms with van der Waals surface area (Å²) in [4.78, 5) is 12.9. The maximum Gasteiger partial charge on any atom is 0.246 e. The first kappa shape index (κ1) is 22.1. The van der Waals surface area contributed by atoms with E-state index in [1.807, 2.05) is 37.3 Å². The minimum atomic E-state index is -3.76. The fourth-order valence-electron chi connectivity index (χ4n) is 3.68. The van der Waals surface area contributed by atoms with Crippen LogP contribution in [0.4, 0.5) is 0 Å². The first-order chi connectivity index (χ1) is 14.4. The first-order valence-electron chi connectivity index (χ1n) is 9.91. The number of nitrogens with zero attached hydrogens (tertiary/aromatic N) is 1. The standard InChI is InChI=1S/C22H28N2O5S/c1-16-10-11-20(29-3)21(13-16)30(26,27)24-12-6-8-18(15-24)22(25)23-14-17-7-4-5-9-19(17)28-2/h4-5,7,9-11,13,18H,6,8,12,14-15H2,1-3H3,(H,23,25)/t18-/m0/s1. The molecule has 1 saturated heterocycles. The van der Waals surface area contributed by atoms with Gasteiger partial charge in [-0.15, -0.1) is 0 Å². The van der Waals surface area contributed by atoms with E-state index in [1.165, 1.54) is 11.4 Å². The number of methoxy groups -OCH3 is 2. The van der Waals surface area contributed by atoms with E-state index in [2.05, 4.69) is 5.32 Å². The van der Waals surface area contributed by atoms with E-state index in [0.29, 0.717) is 37.4 Å². The summed E-state index contributed by atoms with van der Waals surface area (Å²) in [6.45, 7) is 2.70. The zero-order chi connectivity index (χ0) is 21.7. The van der Waals surface area contributed by atoms with Gasteiger partial charge in [-0.25, -0.2) is 8.42 Å². The topological polar surface area (TPSA) is 84.9 Å². The Kier molecular flexibility index (Phi) is 6.99. The molecule has 0 bridgehead atoms. The van der Waals surface area contributed by atoms with Gasteiger partial charge in [0.15, 0.2) is 0 Å². The highest BCUT2D eigenvalue weighted by molar-refractivity contribution is 7.89. The van der Waals surface area contributed by atoms with E-state index in [4.69, 9.17) is 9.47 Å². The molecular weight excluding hydrogens is 404 g/mol. The Balaban J connectivity index is 1.72. The third-order valence-electron chi connectivity index (χ3n) is 5.34. The highest BCUT2D eigenvalue weighted by Gasteiger charge is 2.34. The van der Waals surface area contributed by atoms with Gasteiger partial charge in [0, 0.05) is 25.2 Å². The van der Waals surface area contributed by atoms with E-state index in [1.54, 1.807) is 19.2 Å². The maximum absolute atomic E-state index is 13.2. The Morgan fingerprint density at radius 3 is 2.60 bits per heavy atom. The van der Waals surface area contributed by atoms with Gasteiger partial charge in [-0.05, 0) is 43.5 Å². The second kappa shape index (κ2) is 9.49. The molecule has 0 spiro atoms. The van der Waals surface area contributed by atoms with Crippen molar-refractivity contribution >= 4 is 15.9 Å². The number of para-hydroxylation sites is 1. The minimum absolute atomic E-state index is 0.139. The lowest BCUT2D eigenvalue weighted by Crippen LogP contribution is -2.45. The van der Waals surface area contributed by atoms with E-state index < -0.39 is 15.9 Å². The lowest BCUT2D eigenvalue weighted by Gasteiger charge is -2.31. The zero-order valence-corrected chi connectivity index (χ0v) is 18.4. The molecule has 30 heavy (non-hydrogen) atoms. The van der Waals surface area contributed by atoms with Crippen LogP contribution in [0, 0.1) is 12.8 Å². The van der Waals surface area contributed by atoms with Crippen molar-refractivity contribution in [1.29, 1.82) is 0 Å². The Hall–Kier alpha value is -2.58. The van der Waals surface area contributed by atoms with Gasteiger partial charge in [0.25, 0.3) is 0 Å². The fraction of sp³-hybridized carbons (Fsp3) is 0.409. The maximum atomic E-state index is 13.2. The van der Waals surface area contributed by atoms with Crippen LogP contribution in [0.2, 0.25) is 0 Å². The van der Waals surface area contributed by atoms with Gasteiger partial charge in [-0.1, -0.05) is 24.3 Å². The van der Waals surface area contributed by atoms with E-state index >= 15 is 0 Å². The SMILES string of the molecule is COc1ccccc1CNC(=O)[C@H]1CCCN(S(=O)(=O)c2cc(C)ccc2OC)C1. The van der Waals surface area contributed by atoms with Crippen molar-refractivity contribution in [2.45, 2.75) is 31.2 Å². The molecule has 162 valence electrons. The summed E-state index contributed by atoms with van der Waals surface area (Å²) in [5.74, 6) is 0.455. The lowest BCUT2D eigenvalue weighted by molar-refractivity contribution is -0.126. The number of rotatable bonds is 7. The van der Waals surface area contributed by atoms with Crippen LogP contribution < -0.4 is 14.8 Å². The van der Waals surface area contributed by atoms with Gasteiger partial charge in [-0.3, -0.25) is 4.79 Å². The normalized spacial score (nSPS) is 17.4. The number of aryl methyl sites for hydroxylation is 1.